The summed E-state index contributed by atoms with van der Waals surface area (Å²) >= 11 is 0. The summed E-state index contributed by atoms with van der Waals surface area (Å²) < 4.78 is 59.5. The molecule has 2 heterocycles. The van der Waals surface area contributed by atoms with E-state index in [9.17, 15) is 22.8 Å². The van der Waals surface area contributed by atoms with Crippen LogP contribution in [0.5, 0.6) is 11.5 Å². The van der Waals surface area contributed by atoms with Gasteiger partial charge in [-0.05, 0) is 48.6 Å². The number of piperazine rings is 1. The standard InChI is InChI=1S/C30H35F3N2O5/c1-4-27(36)35-13-11-34(12-14-35)17-23-22-9-10-29(2,24(22)7-8-25(23)30(31,32)33)40-20-5-6-21-19(15-28(37)38-3)18-39-26(21)16-20/h5-8,16,19H,4,9-15,17-18H2,1-3H3/t19?,29-/m0/s1. The van der Waals surface area contributed by atoms with Gasteiger partial charge in [0.25, 0.3) is 0 Å². The van der Waals surface area contributed by atoms with Crippen LogP contribution in [-0.4, -0.2) is 61.6 Å². The summed E-state index contributed by atoms with van der Waals surface area (Å²) in [5, 5.41) is 0. The van der Waals surface area contributed by atoms with Crippen LogP contribution < -0.4 is 9.47 Å². The number of rotatable bonds is 7. The van der Waals surface area contributed by atoms with E-state index in [4.69, 9.17) is 14.2 Å². The third-order valence-electron chi connectivity index (χ3n) is 8.42. The second-order valence-electron chi connectivity index (χ2n) is 10.9. The van der Waals surface area contributed by atoms with Gasteiger partial charge in [0.2, 0.25) is 5.91 Å². The lowest BCUT2D eigenvalue weighted by Crippen LogP contribution is -2.48. The highest BCUT2D eigenvalue weighted by Crippen LogP contribution is 2.47. The van der Waals surface area contributed by atoms with Crippen molar-refractivity contribution in [1.29, 1.82) is 0 Å². The largest absolute Gasteiger partial charge is 0.492 e. The maximum absolute atomic E-state index is 14.1. The van der Waals surface area contributed by atoms with E-state index in [0.717, 1.165) is 11.1 Å². The van der Waals surface area contributed by atoms with E-state index in [1.807, 2.05) is 30.9 Å². The Morgan fingerprint density at radius 2 is 1.88 bits per heavy atom. The van der Waals surface area contributed by atoms with E-state index in [-0.39, 0.29) is 30.8 Å². The van der Waals surface area contributed by atoms with E-state index in [1.54, 1.807) is 17.0 Å². The zero-order chi connectivity index (χ0) is 28.7. The van der Waals surface area contributed by atoms with Crippen molar-refractivity contribution in [3.05, 3.63) is 58.1 Å². The molecule has 0 aromatic heterocycles. The van der Waals surface area contributed by atoms with Gasteiger partial charge in [-0.3, -0.25) is 14.5 Å². The van der Waals surface area contributed by atoms with E-state index in [0.29, 0.717) is 74.7 Å². The first kappa shape index (κ1) is 28.3. The van der Waals surface area contributed by atoms with Gasteiger partial charge in [-0.15, -0.1) is 0 Å². The van der Waals surface area contributed by atoms with Crippen molar-refractivity contribution >= 4 is 11.9 Å². The fourth-order valence-electron chi connectivity index (χ4n) is 6.16. The van der Waals surface area contributed by atoms with Gasteiger partial charge in [-0.1, -0.05) is 19.1 Å². The summed E-state index contributed by atoms with van der Waals surface area (Å²) in [5.74, 6) is 0.875. The lowest BCUT2D eigenvalue weighted by molar-refractivity contribution is -0.141. The molecule has 0 saturated carbocycles. The number of methoxy groups -OCH3 is 1. The van der Waals surface area contributed by atoms with Gasteiger partial charge >= 0.3 is 12.1 Å². The molecule has 7 nitrogen and oxygen atoms in total. The number of nitrogens with zero attached hydrogens (tertiary/aromatic N) is 2. The van der Waals surface area contributed by atoms with Gasteiger partial charge < -0.3 is 19.1 Å². The summed E-state index contributed by atoms with van der Waals surface area (Å²) in [6.07, 6.45) is -2.81. The first-order valence-electron chi connectivity index (χ1n) is 13.8. The van der Waals surface area contributed by atoms with Gasteiger partial charge in [-0.2, -0.15) is 13.2 Å². The lowest BCUT2D eigenvalue weighted by Gasteiger charge is -2.35. The zero-order valence-corrected chi connectivity index (χ0v) is 23.1. The Kier molecular flexibility index (Phi) is 7.74. The first-order valence-corrected chi connectivity index (χ1v) is 13.8. The Bertz CT molecular complexity index is 1290. The van der Waals surface area contributed by atoms with Crippen molar-refractivity contribution in [1.82, 2.24) is 9.80 Å². The molecule has 3 aliphatic rings. The van der Waals surface area contributed by atoms with Crippen LogP contribution in [-0.2, 0) is 39.1 Å². The molecule has 0 radical (unpaired) electrons. The maximum atomic E-state index is 14.1. The van der Waals surface area contributed by atoms with Crippen LogP contribution in [0.1, 0.15) is 66.8 Å². The minimum absolute atomic E-state index is 0.0695. The molecule has 40 heavy (non-hydrogen) atoms. The zero-order valence-electron chi connectivity index (χ0n) is 23.1. The third-order valence-corrected chi connectivity index (χ3v) is 8.42. The molecule has 0 bridgehead atoms. The second-order valence-corrected chi connectivity index (χ2v) is 10.9. The predicted molar refractivity (Wildman–Crippen MR) is 141 cm³/mol. The van der Waals surface area contributed by atoms with Crippen LogP contribution in [0.15, 0.2) is 30.3 Å². The molecule has 5 rings (SSSR count). The Morgan fingerprint density at radius 3 is 2.55 bits per heavy atom. The molecule has 1 saturated heterocycles. The smallest absolute Gasteiger partial charge is 0.416 e. The van der Waals surface area contributed by atoms with E-state index >= 15 is 0 Å². The molecule has 2 atom stereocenters. The molecule has 2 aliphatic heterocycles. The Balaban J connectivity index is 1.38. The quantitative estimate of drug-likeness (QED) is 0.442. The van der Waals surface area contributed by atoms with Crippen molar-refractivity contribution in [2.75, 3.05) is 39.9 Å². The van der Waals surface area contributed by atoms with Crippen molar-refractivity contribution in [2.24, 2.45) is 0 Å². The summed E-state index contributed by atoms with van der Waals surface area (Å²) in [4.78, 5) is 27.6. The molecule has 1 aliphatic carbocycles. The monoisotopic (exact) mass is 560 g/mol. The summed E-state index contributed by atoms with van der Waals surface area (Å²) in [5.41, 5.74) is 1.26. The predicted octanol–water partition coefficient (Wildman–Crippen LogP) is 5.04. The average molecular weight is 561 g/mol. The molecule has 0 spiro atoms. The van der Waals surface area contributed by atoms with Crippen molar-refractivity contribution < 1.29 is 37.0 Å². The summed E-state index contributed by atoms with van der Waals surface area (Å²) in [7, 11) is 1.36. The van der Waals surface area contributed by atoms with E-state index < -0.39 is 17.3 Å². The highest BCUT2D eigenvalue weighted by atomic mass is 19.4. The van der Waals surface area contributed by atoms with Crippen molar-refractivity contribution in [3.63, 3.8) is 0 Å². The average Bonchev–Trinajstić information content (AvgIpc) is 3.48. The number of halogens is 3. The number of carbonyl (C=O) groups excluding carboxylic acids is 2. The van der Waals surface area contributed by atoms with Gasteiger partial charge in [0, 0.05) is 56.7 Å². The van der Waals surface area contributed by atoms with E-state index in [1.165, 1.54) is 13.2 Å². The minimum atomic E-state index is -4.47. The molecule has 1 fully saturated rings. The van der Waals surface area contributed by atoms with Crippen LogP contribution in [0.25, 0.3) is 0 Å². The topological polar surface area (TPSA) is 68.3 Å². The number of fused-ring (bicyclic) bond motifs is 2. The Morgan fingerprint density at radius 1 is 1.12 bits per heavy atom. The minimum Gasteiger partial charge on any atom is -0.492 e. The third kappa shape index (κ3) is 5.50. The fourth-order valence-corrected chi connectivity index (χ4v) is 6.16. The highest BCUT2D eigenvalue weighted by Gasteiger charge is 2.43. The number of hydrogen-bond donors (Lipinski definition) is 0. The number of hydrogen-bond acceptors (Lipinski definition) is 6. The molecule has 1 amide bonds. The molecule has 2 aromatic carbocycles. The van der Waals surface area contributed by atoms with E-state index in [2.05, 4.69) is 0 Å². The number of esters is 1. The number of alkyl halides is 3. The normalized spacial score (nSPS) is 22.4. The SMILES string of the molecule is CCC(=O)N1CCN(Cc2c(C(F)(F)F)ccc3c2CC[C@]3(C)Oc2ccc3c(c2)OCC3CC(=O)OC)CC1. The van der Waals surface area contributed by atoms with Gasteiger partial charge in [0.05, 0.1) is 25.7 Å². The Hall–Kier alpha value is -3.27. The summed E-state index contributed by atoms with van der Waals surface area (Å²) in [6, 6.07) is 8.23. The molecular weight excluding hydrogens is 525 g/mol. The first-order chi connectivity index (χ1) is 19.0. The maximum Gasteiger partial charge on any atom is 0.416 e. The van der Waals surface area contributed by atoms with Gasteiger partial charge in [-0.25, -0.2) is 0 Å². The number of ether oxygens (including phenoxy) is 3. The van der Waals surface area contributed by atoms with Crippen LogP contribution in [0, 0.1) is 0 Å². The number of amides is 1. The lowest BCUT2D eigenvalue weighted by atomic mass is 9.92. The molecule has 0 N–H and O–H groups in total. The van der Waals surface area contributed by atoms with Crippen LogP contribution >= 0.6 is 0 Å². The van der Waals surface area contributed by atoms with Crippen LogP contribution in [0.4, 0.5) is 13.2 Å². The van der Waals surface area contributed by atoms with Gasteiger partial charge in [0.1, 0.15) is 17.1 Å². The second kappa shape index (κ2) is 11.0. The number of carbonyl (C=O) groups is 2. The molecule has 2 aromatic rings. The van der Waals surface area contributed by atoms with Crippen LogP contribution in [0.2, 0.25) is 0 Å². The Labute approximate surface area is 232 Å². The molecule has 1 unspecified atom stereocenters. The van der Waals surface area contributed by atoms with Crippen molar-refractivity contribution in [3.8, 4) is 11.5 Å². The van der Waals surface area contributed by atoms with Gasteiger partial charge in [0.15, 0.2) is 0 Å². The summed E-state index contributed by atoms with van der Waals surface area (Å²) in [6.45, 7) is 6.39. The molecular formula is C30H35F3N2O5. The highest BCUT2D eigenvalue weighted by molar-refractivity contribution is 5.75. The molecule has 10 heteroatoms. The number of benzene rings is 2. The fraction of sp³-hybridized carbons (Fsp3) is 0.533. The van der Waals surface area contributed by atoms with Crippen molar-refractivity contribution in [2.45, 2.75) is 63.8 Å². The van der Waals surface area contributed by atoms with Crippen LogP contribution in [0.3, 0.4) is 0 Å². The molecule has 216 valence electrons.